The van der Waals surface area contributed by atoms with Crippen LogP contribution in [0.15, 0.2) is 0 Å². The third kappa shape index (κ3) is 1.59. The largest absolute Gasteiger partial charge is 0.443 e. The quantitative estimate of drug-likeness (QED) is 0.664. The first-order valence-corrected chi connectivity index (χ1v) is 5.02. The molecule has 0 aliphatic heterocycles. The molecule has 0 heterocycles. The Morgan fingerprint density at radius 1 is 1.36 bits per heavy atom. The fraction of sp³-hybridized carbons (Fsp3) is 0.900. The Kier molecular flexibility index (Phi) is 1.69. The molecule has 3 saturated carbocycles. The fourth-order valence-electron chi connectivity index (χ4n) is 2.41. The van der Waals surface area contributed by atoms with E-state index in [1.54, 1.807) is 0 Å². The number of alkyl carbamates (subject to hydrolysis) is 1. The van der Waals surface area contributed by atoms with E-state index in [0.29, 0.717) is 0 Å². The van der Waals surface area contributed by atoms with Crippen molar-refractivity contribution in [2.75, 3.05) is 0 Å². The normalized spacial score (nSPS) is 39.4. The van der Waals surface area contributed by atoms with E-state index in [0.717, 1.165) is 19.3 Å². The number of nitrogens with one attached hydrogen (secondary N) is 1. The second kappa shape index (κ2) is 2.42. The van der Waals surface area contributed by atoms with Gasteiger partial charge in [0.15, 0.2) is 0 Å². The van der Waals surface area contributed by atoms with E-state index in [1.807, 2.05) is 20.8 Å². The second-order valence-electron chi connectivity index (χ2n) is 5.84. The van der Waals surface area contributed by atoms with Gasteiger partial charge in [0.2, 0.25) is 0 Å². The zero-order valence-corrected chi connectivity index (χ0v) is 9.02. The molecule has 0 radical (unpaired) electrons. The van der Waals surface area contributed by atoms with E-state index in [2.05, 4.69) is 5.32 Å². The lowest BCUT2D eigenvalue weighted by Crippen LogP contribution is -2.78. The highest BCUT2D eigenvalue weighted by Gasteiger charge is 2.69. The van der Waals surface area contributed by atoms with Gasteiger partial charge in [-0.15, -0.1) is 0 Å². The number of ether oxygens (including phenoxy) is 1. The number of hydrogen-bond donors (Lipinski definition) is 2. The van der Waals surface area contributed by atoms with Crippen molar-refractivity contribution in [2.45, 2.75) is 56.7 Å². The molecule has 0 aromatic heterocycles. The number of hydrogen-bond acceptors (Lipinski definition) is 3. The van der Waals surface area contributed by atoms with Crippen LogP contribution in [0.2, 0.25) is 0 Å². The van der Waals surface area contributed by atoms with Crippen molar-refractivity contribution in [2.24, 2.45) is 5.73 Å². The van der Waals surface area contributed by atoms with E-state index in [1.165, 1.54) is 0 Å². The maximum Gasteiger partial charge on any atom is 0.408 e. The van der Waals surface area contributed by atoms with Crippen LogP contribution in [0.3, 0.4) is 0 Å². The number of carbonyl (C=O) groups is 1. The molecule has 3 fully saturated rings. The van der Waals surface area contributed by atoms with Crippen LogP contribution < -0.4 is 11.1 Å². The van der Waals surface area contributed by atoms with Crippen LogP contribution in [0.5, 0.6) is 0 Å². The van der Waals surface area contributed by atoms with Crippen molar-refractivity contribution >= 4 is 6.09 Å². The summed E-state index contributed by atoms with van der Waals surface area (Å²) >= 11 is 0. The Hall–Kier alpha value is -0.770. The minimum atomic E-state index is -0.320. The maximum absolute atomic E-state index is 11.4. The predicted octanol–water partition coefficient (Wildman–Crippen LogP) is 1.14. The van der Waals surface area contributed by atoms with Gasteiger partial charge in [-0.05, 0) is 20.8 Å². The summed E-state index contributed by atoms with van der Waals surface area (Å²) in [6.07, 6.45) is 2.17. The fourth-order valence-corrected chi connectivity index (χ4v) is 2.41. The SMILES string of the molecule is CC(C)(C)NC(=O)OC12CC(N)(C1)C2. The summed E-state index contributed by atoms with van der Waals surface area (Å²) in [6.45, 7) is 5.79. The van der Waals surface area contributed by atoms with Gasteiger partial charge in [0, 0.05) is 30.3 Å². The molecule has 0 aromatic rings. The van der Waals surface area contributed by atoms with E-state index in [9.17, 15) is 4.79 Å². The number of rotatable bonds is 1. The van der Waals surface area contributed by atoms with Gasteiger partial charge in [0.1, 0.15) is 5.60 Å². The molecule has 0 atom stereocenters. The average molecular weight is 198 g/mol. The minimum absolute atomic E-state index is 0.0119. The number of carbonyl (C=O) groups excluding carboxylic acids is 1. The van der Waals surface area contributed by atoms with Gasteiger partial charge in [-0.25, -0.2) is 4.79 Å². The summed E-state index contributed by atoms with van der Waals surface area (Å²) in [6, 6.07) is 0. The first-order chi connectivity index (χ1) is 6.22. The maximum atomic E-state index is 11.4. The molecular formula is C10H18N2O2. The van der Waals surface area contributed by atoms with E-state index in [4.69, 9.17) is 10.5 Å². The molecule has 3 aliphatic rings. The van der Waals surface area contributed by atoms with Crippen molar-refractivity contribution in [3.8, 4) is 0 Å². The van der Waals surface area contributed by atoms with Crippen LogP contribution in [0.1, 0.15) is 40.0 Å². The van der Waals surface area contributed by atoms with E-state index < -0.39 is 0 Å². The lowest BCUT2D eigenvalue weighted by molar-refractivity contribution is -0.204. The highest BCUT2D eigenvalue weighted by Crippen LogP contribution is 2.61. The molecule has 14 heavy (non-hydrogen) atoms. The Morgan fingerprint density at radius 2 is 1.86 bits per heavy atom. The molecule has 1 amide bonds. The third-order valence-electron chi connectivity index (χ3n) is 2.81. The van der Waals surface area contributed by atoms with E-state index in [-0.39, 0.29) is 22.8 Å². The second-order valence-corrected chi connectivity index (χ2v) is 5.84. The number of amides is 1. The molecular weight excluding hydrogens is 180 g/mol. The molecule has 3 aliphatic carbocycles. The zero-order valence-electron chi connectivity index (χ0n) is 9.02. The van der Waals surface area contributed by atoms with Crippen molar-refractivity contribution in [1.29, 1.82) is 0 Å². The van der Waals surface area contributed by atoms with Crippen LogP contribution >= 0.6 is 0 Å². The summed E-state index contributed by atoms with van der Waals surface area (Å²) in [5, 5.41) is 2.78. The van der Waals surface area contributed by atoms with Crippen LogP contribution in [-0.2, 0) is 4.74 Å². The standard InChI is InChI=1S/C10H18N2O2/c1-8(2,3)12-7(13)14-10-4-9(11,5-10)6-10/h4-6,11H2,1-3H3,(H,12,13). The molecule has 0 spiro atoms. The van der Waals surface area contributed by atoms with Crippen LogP contribution in [0.4, 0.5) is 4.79 Å². The molecule has 0 unspecified atom stereocenters. The average Bonchev–Trinajstić information content (AvgIpc) is 1.76. The topological polar surface area (TPSA) is 64.3 Å². The van der Waals surface area contributed by atoms with Crippen LogP contribution in [0.25, 0.3) is 0 Å². The smallest absolute Gasteiger partial charge is 0.408 e. The molecule has 4 heteroatoms. The third-order valence-corrected chi connectivity index (χ3v) is 2.81. The van der Waals surface area contributed by atoms with Crippen molar-refractivity contribution in [3.63, 3.8) is 0 Å². The lowest BCUT2D eigenvalue weighted by Gasteiger charge is -2.66. The highest BCUT2D eigenvalue weighted by molar-refractivity contribution is 5.69. The first kappa shape index (κ1) is 9.77. The Morgan fingerprint density at radius 3 is 2.21 bits per heavy atom. The summed E-state index contributed by atoms with van der Waals surface area (Å²) in [5.41, 5.74) is 5.40. The van der Waals surface area contributed by atoms with Crippen molar-refractivity contribution in [3.05, 3.63) is 0 Å². The van der Waals surface area contributed by atoms with E-state index >= 15 is 0 Å². The molecule has 4 nitrogen and oxygen atoms in total. The van der Waals surface area contributed by atoms with Gasteiger partial charge < -0.3 is 15.8 Å². The molecule has 2 bridgehead atoms. The molecule has 3 N–H and O–H groups in total. The minimum Gasteiger partial charge on any atom is -0.443 e. The van der Waals surface area contributed by atoms with Gasteiger partial charge >= 0.3 is 6.09 Å². The Balaban J connectivity index is 1.80. The van der Waals surface area contributed by atoms with Gasteiger partial charge in [-0.1, -0.05) is 0 Å². The zero-order chi connectivity index (χ0) is 10.6. The van der Waals surface area contributed by atoms with Crippen molar-refractivity contribution in [1.82, 2.24) is 5.32 Å². The first-order valence-electron chi connectivity index (χ1n) is 5.02. The molecule has 3 rings (SSSR count). The van der Waals surface area contributed by atoms with Crippen molar-refractivity contribution < 1.29 is 9.53 Å². The predicted molar refractivity (Wildman–Crippen MR) is 52.9 cm³/mol. The van der Waals surface area contributed by atoms with Crippen LogP contribution in [-0.4, -0.2) is 22.8 Å². The highest BCUT2D eigenvalue weighted by atomic mass is 16.6. The summed E-state index contributed by atoms with van der Waals surface area (Å²) in [7, 11) is 0. The summed E-state index contributed by atoms with van der Waals surface area (Å²) in [4.78, 5) is 11.4. The monoisotopic (exact) mass is 198 g/mol. The van der Waals surface area contributed by atoms with Gasteiger partial charge in [0.25, 0.3) is 0 Å². The van der Waals surface area contributed by atoms with Gasteiger partial charge in [0.05, 0.1) is 0 Å². The molecule has 80 valence electrons. The Labute approximate surface area is 84.2 Å². The van der Waals surface area contributed by atoms with Gasteiger partial charge in [-0.3, -0.25) is 0 Å². The summed E-state index contributed by atoms with van der Waals surface area (Å²) < 4.78 is 5.35. The number of nitrogens with two attached hydrogens (primary N) is 1. The summed E-state index contributed by atoms with van der Waals surface area (Å²) in [5.74, 6) is 0. The lowest BCUT2D eigenvalue weighted by atomic mass is 9.47. The Bertz CT molecular complexity index is 261. The van der Waals surface area contributed by atoms with Crippen LogP contribution in [0, 0.1) is 0 Å². The molecule has 0 aromatic carbocycles. The molecule has 0 saturated heterocycles. The van der Waals surface area contributed by atoms with Gasteiger partial charge in [-0.2, -0.15) is 0 Å².